The first kappa shape index (κ1) is 9.06. The molecule has 0 aromatic heterocycles. The first-order chi connectivity index (χ1) is 1.91. The molecule has 0 amide bonds. The second-order valence-electron chi connectivity index (χ2n) is 0.577. The topological polar surface area (TPSA) is 27.6 Å². The number of halogens is 1. The summed E-state index contributed by atoms with van der Waals surface area (Å²) in [5.74, 6) is 0. The molecule has 0 aromatic rings. The quantitative estimate of drug-likeness (QED) is 0.323. The van der Waals surface area contributed by atoms with Gasteiger partial charge in [-0.25, -0.2) is 0 Å². The van der Waals surface area contributed by atoms with E-state index in [4.69, 9.17) is 0 Å². The van der Waals surface area contributed by atoms with E-state index in [0.717, 1.165) is 6.54 Å². The van der Waals surface area contributed by atoms with Crippen LogP contribution in [0.4, 0.5) is 0 Å². The molecule has 3 N–H and O–H groups in total. The van der Waals surface area contributed by atoms with Gasteiger partial charge in [-0.1, -0.05) is 6.58 Å². The molecule has 0 aliphatic heterocycles. The summed E-state index contributed by atoms with van der Waals surface area (Å²) in [5, 5.41) is 0. The molecule has 0 aliphatic carbocycles. The summed E-state index contributed by atoms with van der Waals surface area (Å²) >= 11 is 0. The Labute approximate surface area is 49.3 Å². The first-order valence-electron chi connectivity index (χ1n) is 1.32. The third-order valence-corrected chi connectivity index (χ3v) is 0.204. The summed E-state index contributed by atoms with van der Waals surface area (Å²) in [7, 11) is 0. The van der Waals surface area contributed by atoms with Gasteiger partial charge in [0.15, 0.2) is 0 Å². The van der Waals surface area contributed by atoms with Gasteiger partial charge in [-0.15, -0.1) is 0 Å². The highest BCUT2D eigenvalue weighted by molar-refractivity contribution is 4.59. The summed E-state index contributed by atoms with van der Waals surface area (Å²) in [6.45, 7) is 4.25. The molecule has 2 heteroatoms. The number of hydrogen-bond donors (Lipinski definition) is 1. The SMILES string of the molecule is C=CC[NH3+].[I-]. The monoisotopic (exact) mass is 185 g/mol. The molecule has 0 aliphatic rings. The van der Waals surface area contributed by atoms with E-state index in [2.05, 4.69) is 12.3 Å². The maximum Gasteiger partial charge on any atom is 0.0924 e. The smallest absolute Gasteiger partial charge is 0.0924 e. The zero-order chi connectivity index (χ0) is 3.41. The van der Waals surface area contributed by atoms with E-state index in [1.54, 1.807) is 6.08 Å². The van der Waals surface area contributed by atoms with Gasteiger partial charge in [0.1, 0.15) is 0 Å². The van der Waals surface area contributed by atoms with Crippen LogP contribution in [-0.4, -0.2) is 6.54 Å². The van der Waals surface area contributed by atoms with Crippen molar-refractivity contribution >= 4 is 0 Å². The maximum absolute atomic E-state index is 3.49. The van der Waals surface area contributed by atoms with E-state index >= 15 is 0 Å². The van der Waals surface area contributed by atoms with Crippen molar-refractivity contribution in [2.24, 2.45) is 0 Å². The molecule has 0 fully saturated rings. The Morgan fingerprint density at radius 1 is 1.80 bits per heavy atom. The predicted molar refractivity (Wildman–Crippen MR) is 18.0 cm³/mol. The Kier molecular flexibility index (Phi) is 16.0. The first-order valence-corrected chi connectivity index (χ1v) is 1.32. The van der Waals surface area contributed by atoms with Crippen LogP contribution in [0.3, 0.4) is 0 Å². The Morgan fingerprint density at radius 3 is 2.00 bits per heavy atom. The van der Waals surface area contributed by atoms with Gasteiger partial charge >= 0.3 is 0 Å². The highest BCUT2D eigenvalue weighted by Crippen LogP contribution is 1.36. The summed E-state index contributed by atoms with van der Waals surface area (Å²) in [6.07, 6.45) is 1.76. The molecular formula is C3H8IN. The van der Waals surface area contributed by atoms with Crippen molar-refractivity contribution in [3.63, 3.8) is 0 Å². The Hall–Kier alpha value is 0.430. The second kappa shape index (κ2) is 8.83. The molecule has 32 valence electrons. The Balaban J connectivity index is 0. The molecule has 0 saturated carbocycles. The van der Waals surface area contributed by atoms with Crippen molar-refractivity contribution in [2.75, 3.05) is 6.54 Å². The molecular weight excluding hydrogens is 177 g/mol. The molecule has 0 unspecified atom stereocenters. The lowest BCUT2D eigenvalue weighted by molar-refractivity contribution is -0.352. The van der Waals surface area contributed by atoms with Crippen LogP contribution in [0.1, 0.15) is 0 Å². The van der Waals surface area contributed by atoms with Crippen LogP contribution in [0.25, 0.3) is 0 Å². The molecule has 0 bridgehead atoms. The second-order valence-corrected chi connectivity index (χ2v) is 0.577. The van der Waals surface area contributed by atoms with E-state index in [0.29, 0.717) is 0 Å². The minimum absolute atomic E-state index is 0. The van der Waals surface area contributed by atoms with E-state index < -0.39 is 0 Å². The third kappa shape index (κ3) is 12.8. The molecule has 0 radical (unpaired) electrons. The average molecular weight is 185 g/mol. The summed E-state index contributed by atoms with van der Waals surface area (Å²) in [6, 6.07) is 0. The van der Waals surface area contributed by atoms with Crippen LogP contribution < -0.4 is 29.7 Å². The van der Waals surface area contributed by atoms with Gasteiger partial charge in [-0.2, -0.15) is 0 Å². The van der Waals surface area contributed by atoms with Crippen LogP contribution in [0.5, 0.6) is 0 Å². The Morgan fingerprint density at radius 2 is 2.00 bits per heavy atom. The van der Waals surface area contributed by atoms with E-state index in [-0.39, 0.29) is 24.0 Å². The lowest BCUT2D eigenvalue weighted by Crippen LogP contribution is -3.00. The number of rotatable bonds is 1. The lowest BCUT2D eigenvalue weighted by atomic mass is 10.7. The van der Waals surface area contributed by atoms with Crippen LogP contribution in [-0.2, 0) is 0 Å². The molecule has 0 heterocycles. The molecule has 1 nitrogen and oxygen atoms in total. The minimum atomic E-state index is 0. The molecule has 0 spiro atoms. The van der Waals surface area contributed by atoms with E-state index in [1.165, 1.54) is 0 Å². The molecule has 0 saturated heterocycles. The number of quaternary nitrogens is 1. The lowest BCUT2D eigenvalue weighted by Gasteiger charge is -1.57. The average Bonchev–Trinajstić information content (AvgIpc) is 1.37. The minimum Gasteiger partial charge on any atom is -1.00 e. The fourth-order valence-corrected chi connectivity index (χ4v) is 0. The maximum atomic E-state index is 3.49. The van der Waals surface area contributed by atoms with Crippen LogP contribution >= 0.6 is 0 Å². The normalized spacial score (nSPS) is 5.00. The fourth-order valence-electron chi connectivity index (χ4n) is 0. The third-order valence-electron chi connectivity index (χ3n) is 0.204. The van der Waals surface area contributed by atoms with Crippen LogP contribution in [0.2, 0.25) is 0 Å². The zero-order valence-corrected chi connectivity index (χ0v) is 5.23. The highest BCUT2D eigenvalue weighted by atomic mass is 127. The van der Waals surface area contributed by atoms with E-state index in [9.17, 15) is 0 Å². The largest absolute Gasteiger partial charge is 1.00 e. The van der Waals surface area contributed by atoms with Crippen molar-refractivity contribution in [1.29, 1.82) is 0 Å². The molecule has 5 heavy (non-hydrogen) atoms. The van der Waals surface area contributed by atoms with Crippen molar-refractivity contribution < 1.29 is 29.7 Å². The predicted octanol–water partition coefficient (Wildman–Crippen LogP) is -3.58. The van der Waals surface area contributed by atoms with Gasteiger partial charge in [0, 0.05) is 0 Å². The van der Waals surface area contributed by atoms with Crippen LogP contribution in [0, 0.1) is 0 Å². The Bertz CT molecular complexity index is 20.9. The van der Waals surface area contributed by atoms with Crippen molar-refractivity contribution in [3.05, 3.63) is 12.7 Å². The highest BCUT2D eigenvalue weighted by Gasteiger charge is 1.48. The molecule has 0 rings (SSSR count). The number of hydrogen-bond acceptors (Lipinski definition) is 0. The van der Waals surface area contributed by atoms with Gasteiger partial charge in [-0.3, -0.25) is 0 Å². The standard InChI is InChI=1S/C3H7N.HI/c1-2-3-4;/h2H,1,3-4H2;1H. The van der Waals surface area contributed by atoms with Gasteiger partial charge in [0.05, 0.1) is 6.54 Å². The zero-order valence-electron chi connectivity index (χ0n) is 3.08. The van der Waals surface area contributed by atoms with Crippen molar-refractivity contribution in [2.45, 2.75) is 0 Å². The summed E-state index contributed by atoms with van der Waals surface area (Å²) in [4.78, 5) is 0. The van der Waals surface area contributed by atoms with Gasteiger partial charge in [0.2, 0.25) is 0 Å². The van der Waals surface area contributed by atoms with Crippen molar-refractivity contribution in [1.82, 2.24) is 0 Å². The molecule has 0 aromatic carbocycles. The van der Waals surface area contributed by atoms with E-state index in [1.807, 2.05) is 0 Å². The van der Waals surface area contributed by atoms with Crippen molar-refractivity contribution in [3.8, 4) is 0 Å². The molecule has 0 atom stereocenters. The fraction of sp³-hybridized carbons (Fsp3) is 0.333. The summed E-state index contributed by atoms with van der Waals surface area (Å²) in [5.41, 5.74) is 3.49. The van der Waals surface area contributed by atoms with Gasteiger partial charge < -0.3 is 29.7 Å². The van der Waals surface area contributed by atoms with Gasteiger partial charge in [0.25, 0.3) is 0 Å². The van der Waals surface area contributed by atoms with Gasteiger partial charge in [-0.05, 0) is 6.08 Å². The summed E-state index contributed by atoms with van der Waals surface area (Å²) < 4.78 is 0. The van der Waals surface area contributed by atoms with Crippen LogP contribution in [0.15, 0.2) is 12.7 Å².